The van der Waals surface area contributed by atoms with Gasteiger partial charge in [0.15, 0.2) is 12.8 Å². The molecule has 0 heterocycles. The van der Waals surface area contributed by atoms with Crippen LogP contribution in [-0.4, -0.2) is 46.8 Å². The largest absolute Gasteiger partial charge is 0.624 e. The van der Waals surface area contributed by atoms with Gasteiger partial charge in [-0.05, 0) is 13.8 Å². The van der Waals surface area contributed by atoms with Gasteiger partial charge in [-0.2, -0.15) is 0 Å². The number of hydrogen-bond donors (Lipinski definition) is 1. The van der Waals surface area contributed by atoms with Crippen LogP contribution in [0.3, 0.4) is 0 Å². The first-order valence-corrected chi connectivity index (χ1v) is 7.31. The molecule has 7 nitrogen and oxygen atoms in total. The highest BCUT2D eigenvalue weighted by Crippen LogP contribution is 2.14. The lowest BCUT2D eigenvalue weighted by Gasteiger charge is -2.21. The smallest absolute Gasteiger partial charge is 0.350 e. The summed E-state index contributed by atoms with van der Waals surface area (Å²) in [6, 6.07) is 8.93. The van der Waals surface area contributed by atoms with E-state index in [2.05, 4.69) is 0 Å². The number of aliphatic hydroxyl groups is 1. The zero-order chi connectivity index (χ0) is 17.3. The van der Waals surface area contributed by atoms with Crippen molar-refractivity contribution in [3.05, 3.63) is 41.1 Å². The van der Waals surface area contributed by atoms with Gasteiger partial charge in [0, 0.05) is 5.56 Å². The third-order valence-corrected chi connectivity index (χ3v) is 3.00. The van der Waals surface area contributed by atoms with Crippen molar-refractivity contribution in [1.82, 2.24) is 0 Å². The van der Waals surface area contributed by atoms with Crippen LogP contribution in [0.2, 0.25) is 0 Å². The predicted molar refractivity (Wildman–Crippen MR) is 82.7 cm³/mol. The number of rotatable bonds is 8. The Kier molecular flexibility index (Phi) is 7.21. The number of ether oxygens (including phenoxy) is 2. The molecule has 0 fully saturated rings. The van der Waals surface area contributed by atoms with Gasteiger partial charge >= 0.3 is 11.9 Å². The minimum atomic E-state index is -2.52. The van der Waals surface area contributed by atoms with Gasteiger partial charge in [0.25, 0.3) is 5.60 Å². The summed E-state index contributed by atoms with van der Waals surface area (Å²) in [5.41, 5.74) is -1.76. The summed E-state index contributed by atoms with van der Waals surface area (Å²) in [5, 5.41) is 22.1. The van der Waals surface area contributed by atoms with E-state index >= 15 is 0 Å². The summed E-state index contributed by atoms with van der Waals surface area (Å²) in [4.78, 5) is 23.7. The first-order chi connectivity index (χ1) is 10.9. The maximum atomic E-state index is 11.9. The van der Waals surface area contributed by atoms with Crippen LogP contribution in [0.25, 0.3) is 0 Å². The van der Waals surface area contributed by atoms with E-state index in [9.17, 15) is 19.9 Å². The quantitative estimate of drug-likeness (QED) is 0.191. The van der Waals surface area contributed by atoms with Crippen LogP contribution in [0.1, 0.15) is 25.8 Å². The standard InChI is InChI=1S/C16H21NO6/c1-3-22-14(18)16(20,15(19)23-4-2)10-11-17(21)12-13-8-6-5-7-9-13/h5-9,11,20H,3-4,10,12H2,1-2H3/b17-11-. The Morgan fingerprint density at radius 1 is 1.17 bits per heavy atom. The van der Waals surface area contributed by atoms with E-state index in [1.165, 1.54) is 0 Å². The minimum Gasteiger partial charge on any atom is -0.624 e. The molecule has 0 spiro atoms. The fraction of sp³-hybridized carbons (Fsp3) is 0.438. The molecule has 7 heteroatoms. The second-order valence-corrected chi connectivity index (χ2v) is 4.75. The highest BCUT2D eigenvalue weighted by molar-refractivity contribution is 6.05. The maximum absolute atomic E-state index is 11.9. The topological polar surface area (TPSA) is 98.9 Å². The molecule has 1 aromatic rings. The Labute approximate surface area is 134 Å². The first kappa shape index (κ1) is 18.6. The van der Waals surface area contributed by atoms with Crippen LogP contribution in [0.15, 0.2) is 30.3 Å². The van der Waals surface area contributed by atoms with Gasteiger partial charge in [-0.15, -0.1) is 0 Å². The summed E-state index contributed by atoms with van der Waals surface area (Å²) in [5.74, 6) is -2.27. The Hall–Kier alpha value is -2.41. The van der Waals surface area contributed by atoms with Gasteiger partial charge in [-0.1, -0.05) is 30.3 Å². The molecule has 0 bridgehead atoms. The zero-order valence-corrected chi connectivity index (χ0v) is 13.2. The average molecular weight is 323 g/mol. The van der Waals surface area contributed by atoms with E-state index in [-0.39, 0.29) is 19.8 Å². The molecule has 1 aromatic carbocycles. The normalized spacial score (nSPS) is 11.9. The van der Waals surface area contributed by atoms with Crippen molar-refractivity contribution in [3.8, 4) is 0 Å². The van der Waals surface area contributed by atoms with Crippen LogP contribution in [0.5, 0.6) is 0 Å². The molecule has 0 amide bonds. The molecule has 23 heavy (non-hydrogen) atoms. The van der Waals surface area contributed by atoms with E-state index in [4.69, 9.17) is 9.47 Å². The molecule has 0 aliphatic carbocycles. The van der Waals surface area contributed by atoms with E-state index in [1.54, 1.807) is 38.1 Å². The molecule has 0 aromatic heterocycles. The Bertz CT molecular complexity index is 537. The average Bonchev–Trinajstić information content (AvgIpc) is 2.54. The van der Waals surface area contributed by atoms with E-state index < -0.39 is 24.0 Å². The fourth-order valence-corrected chi connectivity index (χ4v) is 1.81. The number of hydrogen-bond acceptors (Lipinski definition) is 6. The summed E-state index contributed by atoms with van der Waals surface area (Å²) in [7, 11) is 0. The molecule has 0 saturated heterocycles. The number of hydroxylamine groups is 1. The number of carbonyl (C=O) groups excluding carboxylic acids is 2. The number of carbonyl (C=O) groups is 2. The van der Waals surface area contributed by atoms with E-state index in [1.807, 2.05) is 6.07 Å². The van der Waals surface area contributed by atoms with Crippen molar-refractivity contribution < 1.29 is 28.9 Å². The zero-order valence-electron chi connectivity index (χ0n) is 13.2. The van der Waals surface area contributed by atoms with Crippen LogP contribution < -0.4 is 0 Å². The third-order valence-electron chi connectivity index (χ3n) is 3.00. The van der Waals surface area contributed by atoms with Gasteiger partial charge in [0.05, 0.1) is 19.6 Å². The summed E-state index contributed by atoms with van der Waals surface area (Å²) < 4.78 is 9.93. The van der Waals surface area contributed by atoms with E-state index in [0.717, 1.165) is 11.8 Å². The van der Waals surface area contributed by atoms with Crippen molar-refractivity contribution in [3.63, 3.8) is 0 Å². The molecule has 126 valence electrons. The van der Waals surface area contributed by atoms with Crippen molar-refractivity contribution in [2.75, 3.05) is 13.2 Å². The second-order valence-electron chi connectivity index (χ2n) is 4.75. The maximum Gasteiger partial charge on any atom is 0.350 e. The first-order valence-electron chi connectivity index (χ1n) is 7.31. The van der Waals surface area contributed by atoms with Gasteiger partial charge in [0.2, 0.25) is 0 Å². The fourth-order valence-electron chi connectivity index (χ4n) is 1.81. The predicted octanol–water partition coefficient (Wildman–Crippen LogP) is 1.02. The minimum absolute atomic E-state index is 0.00828. The third kappa shape index (κ3) is 5.37. The Morgan fingerprint density at radius 2 is 1.70 bits per heavy atom. The van der Waals surface area contributed by atoms with Gasteiger partial charge in [-0.3, -0.25) is 0 Å². The molecule has 0 radical (unpaired) electrons. The summed E-state index contributed by atoms with van der Waals surface area (Å²) >= 11 is 0. The Morgan fingerprint density at radius 3 is 2.17 bits per heavy atom. The second kappa shape index (κ2) is 8.89. The number of benzene rings is 1. The molecule has 0 atom stereocenters. The van der Waals surface area contributed by atoms with Crippen LogP contribution in [0.4, 0.5) is 0 Å². The van der Waals surface area contributed by atoms with Crippen molar-refractivity contribution in [1.29, 1.82) is 0 Å². The lowest BCUT2D eigenvalue weighted by molar-refractivity contribution is -0.471. The monoisotopic (exact) mass is 323 g/mol. The molecular formula is C16H21NO6. The molecule has 0 unspecified atom stereocenters. The van der Waals surface area contributed by atoms with Crippen LogP contribution >= 0.6 is 0 Å². The van der Waals surface area contributed by atoms with Crippen molar-refractivity contribution in [2.45, 2.75) is 32.4 Å². The summed E-state index contributed by atoms with van der Waals surface area (Å²) in [6.07, 6.45) is 0.502. The molecule has 1 N–H and O–H groups in total. The molecule has 0 aliphatic heterocycles. The summed E-state index contributed by atoms with van der Waals surface area (Å²) in [6.45, 7) is 3.10. The SMILES string of the molecule is CCOC(=O)C(O)(C/C=[N+](\[O-])Cc1ccccc1)C(=O)OCC. The number of nitrogens with zero attached hydrogens (tertiary/aromatic N) is 1. The molecule has 0 aliphatic rings. The lowest BCUT2D eigenvalue weighted by Crippen LogP contribution is -2.49. The van der Waals surface area contributed by atoms with Gasteiger partial charge in [0.1, 0.15) is 0 Å². The highest BCUT2D eigenvalue weighted by atomic mass is 16.6. The highest BCUT2D eigenvalue weighted by Gasteiger charge is 2.47. The van der Waals surface area contributed by atoms with E-state index in [0.29, 0.717) is 4.74 Å². The molecule has 1 rings (SSSR count). The van der Waals surface area contributed by atoms with Crippen molar-refractivity contribution in [2.24, 2.45) is 0 Å². The van der Waals surface area contributed by atoms with Crippen LogP contribution in [0, 0.1) is 5.21 Å². The van der Waals surface area contributed by atoms with Gasteiger partial charge in [-0.25, -0.2) is 14.3 Å². The number of esters is 2. The molecule has 0 saturated carbocycles. The van der Waals surface area contributed by atoms with Gasteiger partial charge < -0.3 is 19.8 Å². The lowest BCUT2D eigenvalue weighted by atomic mass is 10.0. The molecular weight excluding hydrogens is 302 g/mol. The Balaban J connectivity index is 2.85. The van der Waals surface area contributed by atoms with Crippen molar-refractivity contribution >= 4 is 18.2 Å². The van der Waals surface area contributed by atoms with Crippen LogP contribution in [-0.2, 0) is 25.6 Å².